The molecular weight excluding hydrogens is 289 g/mol. The second-order valence-electron chi connectivity index (χ2n) is 4.29. The Balaban J connectivity index is 2.77. The van der Waals surface area contributed by atoms with E-state index in [0.29, 0.717) is 6.54 Å². The molecule has 0 aliphatic rings. The third-order valence-electron chi connectivity index (χ3n) is 2.68. The minimum Gasteiger partial charge on any atom is -0.480 e. The van der Waals surface area contributed by atoms with Gasteiger partial charge in [0.15, 0.2) is 0 Å². The van der Waals surface area contributed by atoms with Crippen LogP contribution >= 0.6 is 0 Å². The van der Waals surface area contributed by atoms with Gasteiger partial charge in [0.25, 0.3) is 0 Å². The van der Waals surface area contributed by atoms with Gasteiger partial charge < -0.3 is 10.4 Å². The molecule has 0 radical (unpaired) electrons. The monoisotopic (exact) mass is 304 g/mol. The van der Waals surface area contributed by atoms with E-state index in [1.54, 1.807) is 6.92 Å². The van der Waals surface area contributed by atoms with Crippen molar-refractivity contribution in [1.82, 2.24) is 4.90 Å². The van der Waals surface area contributed by atoms with E-state index in [-0.39, 0.29) is 18.8 Å². The highest BCUT2D eigenvalue weighted by Crippen LogP contribution is 2.34. The highest BCUT2D eigenvalue weighted by atomic mass is 19.4. The molecule has 0 aromatic heterocycles. The molecule has 1 aromatic rings. The van der Waals surface area contributed by atoms with Crippen molar-refractivity contribution < 1.29 is 27.9 Å². The molecule has 1 rings (SSSR count). The number of alkyl halides is 3. The van der Waals surface area contributed by atoms with E-state index in [4.69, 9.17) is 5.11 Å². The first kappa shape index (κ1) is 17.0. The summed E-state index contributed by atoms with van der Waals surface area (Å²) in [4.78, 5) is 23.6. The molecule has 116 valence electrons. The third kappa shape index (κ3) is 5.42. The van der Waals surface area contributed by atoms with Gasteiger partial charge in [0.1, 0.15) is 0 Å². The van der Waals surface area contributed by atoms with Crippen LogP contribution in [0, 0.1) is 0 Å². The maximum atomic E-state index is 12.8. The molecule has 0 unspecified atom stereocenters. The number of anilines is 1. The van der Waals surface area contributed by atoms with E-state index in [1.165, 1.54) is 17.0 Å². The number of para-hydroxylation sites is 1. The summed E-state index contributed by atoms with van der Waals surface area (Å²) < 4.78 is 38.3. The van der Waals surface area contributed by atoms with Crippen LogP contribution in [0.25, 0.3) is 0 Å². The van der Waals surface area contributed by atoms with Gasteiger partial charge in [-0.2, -0.15) is 13.2 Å². The van der Waals surface area contributed by atoms with Gasteiger partial charge in [0.2, 0.25) is 5.91 Å². The van der Waals surface area contributed by atoms with Crippen molar-refractivity contribution >= 4 is 17.6 Å². The van der Waals surface area contributed by atoms with Crippen molar-refractivity contribution in [2.24, 2.45) is 0 Å². The zero-order valence-electron chi connectivity index (χ0n) is 11.3. The predicted molar refractivity (Wildman–Crippen MR) is 69.8 cm³/mol. The quantitative estimate of drug-likeness (QED) is 0.844. The fourth-order valence-corrected chi connectivity index (χ4v) is 1.70. The van der Waals surface area contributed by atoms with Gasteiger partial charge in [-0.15, -0.1) is 0 Å². The largest absolute Gasteiger partial charge is 0.480 e. The van der Waals surface area contributed by atoms with Gasteiger partial charge in [-0.3, -0.25) is 14.5 Å². The first-order chi connectivity index (χ1) is 9.74. The normalized spacial score (nSPS) is 11.5. The van der Waals surface area contributed by atoms with E-state index in [9.17, 15) is 22.8 Å². The zero-order valence-corrected chi connectivity index (χ0v) is 11.3. The summed E-state index contributed by atoms with van der Waals surface area (Å²) in [7, 11) is 0. The Bertz CT molecular complexity index is 518. The van der Waals surface area contributed by atoms with Gasteiger partial charge in [-0.25, -0.2) is 0 Å². The fraction of sp³-hybridized carbons (Fsp3) is 0.385. The number of carbonyl (C=O) groups is 2. The highest BCUT2D eigenvalue weighted by Gasteiger charge is 2.33. The van der Waals surface area contributed by atoms with Crippen LogP contribution in [-0.4, -0.2) is 41.5 Å². The fourth-order valence-electron chi connectivity index (χ4n) is 1.70. The molecular formula is C13H15F3N2O3. The highest BCUT2D eigenvalue weighted by molar-refractivity contribution is 5.93. The number of nitrogens with zero attached hydrogens (tertiary/aromatic N) is 1. The number of hydrogen-bond donors (Lipinski definition) is 2. The SMILES string of the molecule is CCN(CC(=O)O)CC(=O)Nc1ccccc1C(F)(F)F. The number of aliphatic carboxylic acids is 1. The van der Waals surface area contributed by atoms with Crippen molar-refractivity contribution in [1.29, 1.82) is 0 Å². The number of nitrogens with one attached hydrogen (secondary N) is 1. The minimum atomic E-state index is -4.57. The summed E-state index contributed by atoms with van der Waals surface area (Å²) in [5, 5.41) is 10.8. The van der Waals surface area contributed by atoms with Gasteiger partial charge in [-0.1, -0.05) is 19.1 Å². The summed E-state index contributed by atoms with van der Waals surface area (Å²) in [6, 6.07) is 4.61. The predicted octanol–water partition coefficient (Wildman–Crippen LogP) is 2.05. The van der Waals surface area contributed by atoms with Crippen molar-refractivity contribution in [3.05, 3.63) is 29.8 Å². The van der Waals surface area contributed by atoms with E-state index in [0.717, 1.165) is 12.1 Å². The average Bonchev–Trinajstić information content (AvgIpc) is 2.36. The van der Waals surface area contributed by atoms with Gasteiger partial charge >= 0.3 is 12.1 Å². The van der Waals surface area contributed by atoms with E-state index in [1.807, 2.05) is 0 Å². The molecule has 1 aromatic carbocycles. The Morgan fingerprint density at radius 1 is 1.24 bits per heavy atom. The first-order valence-corrected chi connectivity index (χ1v) is 6.14. The molecule has 0 spiro atoms. The molecule has 0 heterocycles. The van der Waals surface area contributed by atoms with E-state index in [2.05, 4.69) is 5.32 Å². The average molecular weight is 304 g/mol. The van der Waals surface area contributed by atoms with Crippen LogP contribution in [0.1, 0.15) is 12.5 Å². The van der Waals surface area contributed by atoms with Crippen LogP contribution in [-0.2, 0) is 15.8 Å². The molecule has 2 N–H and O–H groups in total. The maximum absolute atomic E-state index is 12.8. The molecule has 0 saturated carbocycles. The number of hydrogen-bond acceptors (Lipinski definition) is 3. The Hall–Kier alpha value is -2.09. The molecule has 8 heteroatoms. The van der Waals surface area contributed by atoms with Gasteiger partial charge in [0, 0.05) is 0 Å². The summed E-state index contributed by atoms with van der Waals surface area (Å²) in [6.07, 6.45) is -4.57. The van der Waals surface area contributed by atoms with Crippen molar-refractivity contribution in [3.63, 3.8) is 0 Å². The van der Waals surface area contributed by atoms with Gasteiger partial charge in [-0.05, 0) is 18.7 Å². The summed E-state index contributed by atoms with van der Waals surface area (Å²) in [5.74, 6) is -1.81. The number of likely N-dealkylation sites (N-methyl/N-ethyl adjacent to an activating group) is 1. The number of carbonyl (C=O) groups excluding carboxylic acids is 1. The minimum absolute atomic E-state index is 0.292. The number of carboxylic acid groups (broad SMARTS) is 1. The lowest BCUT2D eigenvalue weighted by Gasteiger charge is -2.18. The molecule has 0 saturated heterocycles. The summed E-state index contributed by atoms with van der Waals surface area (Å²) in [5.41, 5.74) is -1.29. The molecule has 0 atom stereocenters. The van der Waals surface area contributed by atoms with E-state index >= 15 is 0 Å². The van der Waals surface area contributed by atoms with E-state index < -0.39 is 23.6 Å². The standard InChI is InChI=1S/C13H15F3N2O3/c1-2-18(8-12(20)21)7-11(19)17-10-6-4-3-5-9(10)13(14,15)16/h3-6H,2,7-8H2,1H3,(H,17,19)(H,20,21). The number of rotatable bonds is 6. The topological polar surface area (TPSA) is 69.6 Å². The molecule has 21 heavy (non-hydrogen) atoms. The Morgan fingerprint density at radius 3 is 2.38 bits per heavy atom. The lowest BCUT2D eigenvalue weighted by molar-refractivity contribution is -0.138. The van der Waals surface area contributed by atoms with Crippen LogP contribution < -0.4 is 5.32 Å². The third-order valence-corrected chi connectivity index (χ3v) is 2.68. The smallest absolute Gasteiger partial charge is 0.418 e. The first-order valence-electron chi connectivity index (χ1n) is 6.14. The molecule has 0 bridgehead atoms. The number of halogens is 3. The van der Waals surface area contributed by atoms with Crippen LogP contribution in [0.15, 0.2) is 24.3 Å². The van der Waals surface area contributed by atoms with Crippen molar-refractivity contribution in [2.75, 3.05) is 25.0 Å². The van der Waals surface area contributed by atoms with Gasteiger partial charge in [0.05, 0.1) is 24.3 Å². The molecule has 0 aliphatic heterocycles. The van der Waals surface area contributed by atoms with Crippen molar-refractivity contribution in [3.8, 4) is 0 Å². The zero-order chi connectivity index (χ0) is 16.0. The number of carboxylic acids is 1. The van der Waals surface area contributed by atoms with Crippen LogP contribution in [0.5, 0.6) is 0 Å². The lowest BCUT2D eigenvalue weighted by atomic mass is 10.1. The number of benzene rings is 1. The second kappa shape index (κ2) is 7.07. The van der Waals surface area contributed by atoms with Crippen LogP contribution in [0.3, 0.4) is 0 Å². The maximum Gasteiger partial charge on any atom is 0.418 e. The Morgan fingerprint density at radius 2 is 1.86 bits per heavy atom. The van der Waals surface area contributed by atoms with Crippen LogP contribution in [0.2, 0.25) is 0 Å². The molecule has 0 aliphatic carbocycles. The second-order valence-corrected chi connectivity index (χ2v) is 4.29. The molecule has 5 nitrogen and oxygen atoms in total. The van der Waals surface area contributed by atoms with Crippen molar-refractivity contribution in [2.45, 2.75) is 13.1 Å². The molecule has 1 amide bonds. The summed E-state index contributed by atoms with van der Waals surface area (Å²) >= 11 is 0. The number of amides is 1. The Kier molecular flexibility index (Phi) is 5.71. The Labute approximate surface area is 119 Å². The molecule has 0 fully saturated rings. The summed E-state index contributed by atoms with van der Waals surface area (Å²) in [6.45, 7) is 1.29. The van der Waals surface area contributed by atoms with Crippen LogP contribution in [0.4, 0.5) is 18.9 Å². The lowest BCUT2D eigenvalue weighted by Crippen LogP contribution is -2.37.